The minimum absolute atomic E-state index is 0.0643. The van der Waals surface area contributed by atoms with E-state index >= 15 is 0 Å². The zero-order valence-electron chi connectivity index (χ0n) is 16.9. The molecule has 0 amide bonds. The van der Waals surface area contributed by atoms with Gasteiger partial charge in [-0.05, 0) is 42.0 Å². The summed E-state index contributed by atoms with van der Waals surface area (Å²) < 4.78 is 50.8. The molecule has 1 aliphatic heterocycles. The second-order valence-electron chi connectivity index (χ2n) is 7.16. The van der Waals surface area contributed by atoms with E-state index in [1.165, 1.54) is 18.2 Å². The molecule has 2 heterocycles. The Labute approximate surface area is 180 Å². The number of rotatable bonds is 5. The summed E-state index contributed by atoms with van der Waals surface area (Å²) in [6, 6.07) is 12.6. The van der Waals surface area contributed by atoms with Crippen molar-refractivity contribution in [3.05, 3.63) is 75.7 Å². The highest BCUT2D eigenvalue weighted by Gasteiger charge is 2.30. The Morgan fingerprint density at radius 1 is 1.12 bits per heavy atom. The summed E-state index contributed by atoms with van der Waals surface area (Å²) in [6.07, 6.45) is -4.44. The van der Waals surface area contributed by atoms with Crippen molar-refractivity contribution >= 4 is 5.82 Å². The summed E-state index contributed by atoms with van der Waals surface area (Å²) in [5.41, 5.74) is -0.353. The molecule has 32 heavy (non-hydrogen) atoms. The standard InChI is InChI=1S/C22H17F3N4O3/c1-28-8-9-29-20(28)11-19(27-21(29)30)31-13-14-2-7-18(15(10-14)12-26)32-17-5-3-16(4-6-17)22(23,24)25/h2-7,10-11H,8-9,13H2,1H3. The van der Waals surface area contributed by atoms with Crippen LogP contribution in [0, 0.1) is 11.3 Å². The van der Waals surface area contributed by atoms with Gasteiger partial charge in [0.25, 0.3) is 0 Å². The van der Waals surface area contributed by atoms with E-state index in [0.717, 1.165) is 18.0 Å². The molecule has 10 heteroatoms. The van der Waals surface area contributed by atoms with Crippen LogP contribution in [-0.4, -0.2) is 23.1 Å². The van der Waals surface area contributed by atoms with E-state index < -0.39 is 11.7 Å². The quantitative estimate of drug-likeness (QED) is 0.595. The highest BCUT2D eigenvalue weighted by atomic mass is 19.4. The van der Waals surface area contributed by atoms with Gasteiger partial charge in [0.05, 0.1) is 11.1 Å². The summed E-state index contributed by atoms with van der Waals surface area (Å²) in [5, 5.41) is 9.45. The minimum atomic E-state index is -4.44. The fourth-order valence-corrected chi connectivity index (χ4v) is 3.28. The second-order valence-corrected chi connectivity index (χ2v) is 7.16. The molecule has 0 radical (unpaired) electrons. The number of hydrogen-bond acceptors (Lipinski definition) is 6. The zero-order chi connectivity index (χ0) is 22.9. The molecule has 0 aliphatic carbocycles. The summed E-state index contributed by atoms with van der Waals surface area (Å²) in [6.45, 7) is 1.35. The molecule has 1 aromatic heterocycles. The fraction of sp³-hybridized carbons (Fsp3) is 0.227. The number of likely N-dealkylation sites (N-methyl/N-ethyl adjacent to an activating group) is 1. The van der Waals surface area contributed by atoms with Gasteiger partial charge in [-0.3, -0.25) is 4.57 Å². The molecule has 164 valence electrons. The van der Waals surface area contributed by atoms with E-state index in [1.807, 2.05) is 18.0 Å². The van der Waals surface area contributed by atoms with Gasteiger partial charge in [0.15, 0.2) is 0 Å². The van der Waals surface area contributed by atoms with Crippen molar-refractivity contribution in [2.45, 2.75) is 19.3 Å². The number of nitriles is 1. The first-order chi connectivity index (χ1) is 15.2. The molecule has 0 atom stereocenters. The number of hydrogen-bond donors (Lipinski definition) is 0. The van der Waals surface area contributed by atoms with Crippen LogP contribution in [0.25, 0.3) is 0 Å². The van der Waals surface area contributed by atoms with Crippen molar-refractivity contribution in [3.63, 3.8) is 0 Å². The third-order valence-corrected chi connectivity index (χ3v) is 4.98. The van der Waals surface area contributed by atoms with Crippen molar-refractivity contribution < 1.29 is 22.6 Å². The molecule has 0 unspecified atom stereocenters. The van der Waals surface area contributed by atoms with Crippen LogP contribution in [0.2, 0.25) is 0 Å². The highest BCUT2D eigenvalue weighted by Crippen LogP contribution is 2.32. The smallest absolute Gasteiger partial charge is 0.416 e. The maximum Gasteiger partial charge on any atom is 0.416 e. The number of benzene rings is 2. The van der Waals surface area contributed by atoms with Gasteiger partial charge in [-0.25, -0.2) is 4.79 Å². The first kappa shape index (κ1) is 21.2. The Bertz CT molecular complexity index is 1250. The Morgan fingerprint density at radius 2 is 1.88 bits per heavy atom. The summed E-state index contributed by atoms with van der Waals surface area (Å²) in [4.78, 5) is 18.0. The number of ether oxygens (including phenoxy) is 2. The van der Waals surface area contributed by atoms with E-state index in [1.54, 1.807) is 22.8 Å². The van der Waals surface area contributed by atoms with Crippen LogP contribution in [0.1, 0.15) is 16.7 Å². The monoisotopic (exact) mass is 442 g/mol. The number of aromatic nitrogens is 2. The Morgan fingerprint density at radius 3 is 2.56 bits per heavy atom. The molecule has 0 spiro atoms. The molecule has 0 fully saturated rings. The number of fused-ring (bicyclic) bond motifs is 1. The van der Waals surface area contributed by atoms with Gasteiger partial charge in [0.1, 0.15) is 30.0 Å². The van der Waals surface area contributed by atoms with Crippen LogP contribution in [-0.2, 0) is 19.3 Å². The lowest BCUT2D eigenvalue weighted by Gasteiger charge is -2.13. The molecule has 0 N–H and O–H groups in total. The van der Waals surface area contributed by atoms with Crippen LogP contribution >= 0.6 is 0 Å². The first-order valence-corrected chi connectivity index (χ1v) is 9.58. The molecule has 3 aromatic rings. The minimum Gasteiger partial charge on any atom is -0.473 e. The van der Waals surface area contributed by atoms with Gasteiger partial charge in [-0.2, -0.15) is 23.4 Å². The lowest BCUT2D eigenvalue weighted by atomic mass is 10.1. The van der Waals surface area contributed by atoms with Crippen LogP contribution < -0.4 is 20.1 Å². The van der Waals surface area contributed by atoms with Gasteiger partial charge in [0.2, 0.25) is 5.88 Å². The van der Waals surface area contributed by atoms with E-state index in [2.05, 4.69) is 4.98 Å². The van der Waals surface area contributed by atoms with Crippen LogP contribution in [0.5, 0.6) is 17.4 Å². The maximum absolute atomic E-state index is 12.7. The van der Waals surface area contributed by atoms with Crippen molar-refractivity contribution in [3.8, 4) is 23.4 Å². The van der Waals surface area contributed by atoms with Crippen molar-refractivity contribution in [1.29, 1.82) is 5.26 Å². The van der Waals surface area contributed by atoms with Crippen molar-refractivity contribution in [2.75, 3.05) is 18.5 Å². The van der Waals surface area contributed by atoms with E-state index in [9.17, 15) is 23.2 Å². The predicted octanol–water partition coefficient (Wildman–Crippen LogP) is 3.95. The summed E-state index contributed by atoms with van der Waals surface area (Å²) in [5.74, 6) is 1.27. The number of halogens is 3. The first-order valence-electron chi connectivity index (χ1n) is 9.58. The zero-order valence-corrected chi connectivity index (χ0v) is 16.9. The molecule has 7 nitrogen and oxygen atoms in total. The van der Waals surface area contributed by atoms with Crippen LogP contribution in [0.15, 0.2) is 53.3 Å². The van der Waals surface area contributed by atoms with Crippen molar-refractivity contribution in [1.82, 2.24) is 9.55 Å². The lowest BCUT2D eigenvalue weighted by Crippen LogP contribution is -2.22. The van der Waals surface area contributed by atoms with Gasteiger partial charge in [-0.15, -0.1) is 0 Å². The number of nitrogens with zero attached hydrogens (tertiary/aromatic N) is 4. The average Bonchev–Trinajstić information content (AvgIpc) is 3.14. The molecule has 0 saturated carbocycles. The Balaban J connectivity index is 1.47. The van der Waals surface area contributed by atoms with E-state index in [-0.39, 0.29) is 35.2 Å². The molecular weight excluding hydrogens is 425 g/mol. The lowest BCUT2D eigenvalue weighted by molar-refractivity contribution is -0.137. The maximum atomic E-state index is 12.7. The van der Waals surface area contributed by atoms with Crippen LogP contribution in [0.3, 0.4) is 0 Å². The van der Waals surface area contributed by atoms with E-state index in [4.69, 9.17) is 9.47 Å². The SMILES string of the molecule is CN1CCn2c1cc(OCc1ccc(Oc3ccc(C(F)(F)F)cc3)c(C#N)c1)nc2=O. The number of alkyl halides is 3. The molecule has 4 rings (SSSR count). The fourth-order valence-electron chi connectivity index (χ4n) is 3.28. The van der Waals surface area contributed by atoms with Crippen molar-refractivity contribution in [2.24, 2.45) is 0 Å². The average molecular weight is 442 g/mol. The second kappa shape index (κ2) is 8.26. The van der Waals surface area contributed by atoms with Gasteiger partial charge in [0, 0.05) is 26.2 Å². The molecule has 0 bridgehead atoms. The largest absolute Gasteiger partial charge is 0.473 e. The van der Waals surface area contributed by atoms with Gasteiger partial charge >= 0.3 is 11.9 Å². The van der Waals surface area contributed by atoms with Gasteiger partial charge in [-0.1, -0.05) is 6.07 Å². The molecule has 0 saturated heterocycles. The van der Waals surface area contributed by atoms with E-state index in [0.29, 0.717) is 18.7 Å². The highest BCUT2D eigenvalue weighted by molar-refractivity contribution is 5.48. The number of anilines is 1. The third-order valence-electron chi connectivity index (χ3n) is 4.98. The van der Waals surface area contributed by atoms with Crippen LogP contribution in [0.4, 0.5) is 19.0 Å². The molecule has 2 aromatic carbocycles. The van der Waals surface area contributed by atoms with Gasteiger partial charge < -0.3 is 14.4 Å². The Kier molecular flexibility index (Phi) is 5.48. The Hall–Kier alpha value is -4.00. The molecule has 1 aliphatic rings. The third kappa shape index (κ3) is 4.37. The summed E-state index contributed by atoms with van der Waals surface area (Å²) in [7, 11) is 1.87. The topological polar surface area (TPSA) is 80.4 Å². The molecular formula is C22H17F3N4O3. The predicted molar refractivity (Wildman–Crippen MR) is 109 cm³/mol. The summed E-state index contributed by atoms with van der Waals surface area (Å²) >= 11 is 0. The normalized spacial score (nSPS) is 12.9.